The number of nitrogens with zero attached hydrogens (tertiary/aromatic N) is 3. The van der Waals surface area contributed by atoms with Crippen LogP contribution < -0.4 is 4.90 Å². The summed E-state index contributed by atoms with van der Waals surface area (Å²) >= 11 is 0. The number of rotatable bonds is 6. The van der Waals surface area contributed by atoms with Gasteiger partial charge in [-0.05, 0) is 44.2 Å². The highest BCUT2D eigenvalue weighted by Gasteiger charge is 2.21. The van der Waals surface area contributed by atoms with Crippen LogP contribution in [0.1, 0.15) is 21.7 Å². The zero-order chi connectivity index (χ0) is 20.8. The topological polar surface area (TPSA) is 75.3 Å². The van der Waals surface area contributed by atoms with E-state index in [0.29, 0.717) is 11.3 Å². The molecule has 0 spiro atoms. The Balaban J connectivity index is 1.74. The predicted molar refractivity (Wildman–Crippen MR) is 110 cm³/mol. The normalized spacial score (nSPS) is 10.2. The predicted octanol–water partition coefficient (Wildman–Crippen LogP) is 3.81. The minimum Gasteiger partial charge on any atom is -0.452 e. The van der Waals surface area contributed by atoms with Gasteiger partial charge in [-0.2, -0.15) is 5.26 Å². The fourth-order valence-corrected chi connectivity index (χ4v) is 3.23. The summed E-state index contributed by atoms with van der Waals surface area (Å²) in [6.07, 6.45) is 0. The smallest absolute Gasteiger partial charge is 0.340 e. The highest BCUT2D eigenvalue weighted by Crippen LogP contribution is 2.21. The van der Waals surface area contributed by atoms with E-state index in [2.05, 4.69) is 0 Å². The van der Waals surface area contributed by atoms with Gasteiger partial charge < -0.3 is 9.30 Å². The molecular weight excluding hydrogens is 366 g/mol. The van der Waals surface area contributed by atoms with Crippen LogP contribution in [0.15, 0.2) is 66.7 Å². The van der Waals surface area contributed by atoms with Crippen molar-refractivity contribution in [2.75, 3.05) is 18.1 Å². The summed E-state index contributed by atoms with van der Waals surface area (Å²) in [5, 5.41) is 9.03. The lowest BCUT2D eigenvalue weighted by atomic mass is 10.2. The standard InChI is InChI=1S/C23H21N3O3/c1-17-15-21(18(2)26(17)20-11-7-4-8-12-20)23(28)29-16-22(27)25(14-13-24)19-9-5-3-6-10-19/h3-12,15H,14,16H2,1-2H3. The molecule has 29 heavy (non-hydrogen) atoms. The molecule has 0 bridgehead atoms. The number of hydrogen-bond acceptors (Lipinski definition) is 4. The molecule has 0 atom stereocenters. The molecule has 3 aromatic rings. The minimum absolute atomic E-state index is 0.122. The Morgan fingerprint density at radius 3 is 2.28 bits per heavy atom. The SMILES string of the molecule is Cc1cc(C(=O)OCC(=O)N(CC#N)c2ccccc2)c(C)n1-c1ccccc1. The first-order chi connectivity index (χ1) is 14.0. The van der Waals surface area contributed by atoms with Crippen molar-refractivity contribution in [3.8, 4) is 11.8 Å². The van der Waals surface area contributed by atoms with Crippen LogP contribution in [0, 0.1) is 25.2 Å². The zero-order valence-corrected chi connectivity index (χ0v) is 16.3. The summed E-state index contributed by atoms with van der Waals surface area (Å²) in [6, 6.07) is 22.2. The molecule has 0 saturated heterocycles. The molecule has 0 saturated carbocycles. The summed E-state index contributed by atoms with van der Waals surface area (Å²) in [5.41, 5.74) is 3.57. The second-order valence-electron chi connectivity index (χ2n) is 6.51. The van der Waals surface area contributed by atoms with Crippen LogP contribution in [0.4, 0.5) is 5.69 Å². The maximum atomic E-state index is 12.6. The van der Waals surface area contributed by atoms with Crippen molar-refractivity contribution in [3.05, 3.63) is 83.7 Å². The van der Waals surface area contributed by atoms with Crippen molar-refractivity contribution >= 4 is 17.6 Å². The van der Waals surface area contributed by atoms with Crippen LogP contribution in [0.25, 0.3) is 5.69 Å². The molecule has 1 amide bonds. The number of nitriles is 1. The van der Waals surface area contributed by atoms with Crippen LogP contribution in [0.5, 0.6) is 0 Å². The van der Waals surface area contributed by atoms with Gasteiger partial charge in [-0.25, -0.2) is 4.79 Å². The first-order valence-corrected chi connectivity index (χ1v) is 9.16. The van der Waals surface area contributed by atoms with Gasteiger partial charge in [0.05, 0.1) is 11.6 Å². The molecular formula is C23H21N3O3. The van der Waals surface area contributed by atoms with Gasteiger partial charge in [-0.3, -0.25) is 9.69 Å². The van der Waals surface area contributed by atoms with Crippen LogP contribution in [-0.4, -0.2) is 29.6 Å². The molecule has 2 aromatic carbocycles. The van der Waals surface area contributed by atoms with Gasteiger partial charge >= 0.3 is 5.97 Å². The number of para-hydroxylation sites is 2. The molecule has 0 N–H and O–H groups in total. The third kappa shape index (κ3) is 4.36. The van der Waals surface area contributed by atoms with E-state index in [9.17, 15) is 9.59 Å². The molecule has 146 valence electrons. The Bertz CT molecular complexity index is 1050. The van der Waals surface area contributed by atoms with Gasteiger partial charge in [0.25, 0.3) is 5.91 Å². The molecule has 3 rings (SSSR count). The lowest BCUT2D eigenvalue weighted by Crippen LogP contribution is -2.35. The van der Waals surface area contributed by atoms with Crippen LogP contribution in [-0.2, 0) is 9.53 Å². The Labute approximate surface area is 169 Å². The first kappa shape index (κ1) is 19.9. The van der Waals surface area contributed by atoms with Crippen molar-refractivity contribution in [1.82, 2.24) is 4.57 Å². The number of benzene rings is 2. The second-order valence-corrected chi connectivity index (χ2v) is 6.51. The van der Waals surface area contributed by atoms with E-state index >= 15 is 0 Å². The van der Waals surface area contributed by atoms with Crippen molar-refractivity contribution in [2.45, 2.75) is 13.8 Å². The van der Waals surface area contributed by atoms with Gasteiger partial charge in [-0.1, -0.05) is 36.4 Å². The molecule has 1 heterocycles. The van der Waals surface area contributed by atoms with Crippen LogP contribution >= 0.6 is 0 Å². The lowest BCUT2D eigenvalue weighted by molar-refractivity contribution is -0.121. The van der Waals surface area contributed by atoms with Crippen LogP contribution in [0.3, 0.4) is 0 Å². The number of aryl methyl sites for hydroxylation is 1. The van der Waals surface area contributed by atoms with Gasteiger partial charge in [0, 0.05) is 22.8 Å². The molecule has 0 aliphatic heterocycles. The van der Waals surface area contributed by atoms with Crippen molar-refractivity contribution < 1.29 is 14.3 Å². The fraction of sp³-hybridized carbons (Fsp3) is 0.174. The summed E-state index contributed by atoms with van der Waals surface area (Å²) < 4.78 is 7.23. The molecule has 1 aromatic heterocycles. The largest absolute Gasteiger partial charge is 0.452 e. The lowest BCUT2D eigenvalue weighted by Gasteiger charge is -2.19. The highest BCUT2D eigenvalue weighted by atomic mass is 16.5. The molecule has 0 radical (unpaired) electrons. The van der Waals surface area contributed by atoms with Gasteiger partial charge in [0.2, 0.25) is 0 Å². The molecule has 0 aliphatic carbocycles. The van der Waals surface area contributed by atoms with E-state index < -0.39 is 18.5 Å². The maximum Gasteiger partial charge on any atom is 0.340 e. The molecule has 0 aliphatic rings. The Kier molecular flexibility index (Phi) is 6.10. The summed E-state index contributed by atoms with van der Waals surface area (Å²) in [6.45, 7) is 3.18. The van der Waals surface area contributed by atoms with E-state index in [0.717, 1.165) is 17.1 Å². The van der Waals surface area contributed by atoms with E-state index in [1.807, 2.05) is 60.9 Å². The number of aromatic nitrogens is 1. The summed E-state index contributed by atoms with van der Waals surface area (Å²) in [4.78, 5) is 26.4. The molecule has 0 unspecified atom stereocenters. The Hall–Kier alpha value is -3.85. The van der Waals surface area contributed by atoms with Gasteiger partial charge in [0.1, 0.15) is 6.54 Å². The maximum absolute atomic E-state index is 12.6. The summed E-state index contributed by atoms with van der Waals surface area (Å²) in [7, 11) is 0. The highest BCUT2D eigenvalue weighted by molar-refractivity contribution is 5.97. The number of carbonyl (C=O) groups excluding carboxylic acids is 2. The molecule has 6 heteroatoms. The Morgan fingerprint density at radius 2 is 1.66 bits per heavy atom. The zero-order valence-electron chi connectivity index (χ0n) is 16.3. The third-order valence-corrected chi connectivity index (χ3v) is 4.59. The number of esters is 1. The average Bonchev–Trinajstić information content (AvgIpc) is 3.05. The number of ether oxygens (including phenoxy) is 1. The second kappa shape index (κ2) is 8.89. The number of hydrogen-bond donors (Lipinski definition) is 0. The number of amides is 1. The minimum atomic E-state index is -0.571. The number of anilines is 1. The van der Waals surface area contributed by atoms with E-state index in [4.69, 9.17) is 10.00 Å². The quantitative estimate of drug-likeness (QED) is 0.476. The summed E-state index contributed by atoms with van der Waals surface area (Å²) in [5.74, 6) is -1.03. The monoisotopic (exact) mass is 387 g/mol. The first-order valence-electron chi connectivity index (χ1n) is 9.16. The van der Waals surface area contributed by atoms with E-state index in [-0.39, 0.29) is 6.54 Å². The van der Waals surface area contributed by atoms with Crippen molar-refractivity contribution in [3.63, 3.8) is 0 Å². The average molecular weight is 387 g/mol. The van der Waals surface area contributed by atoms with E-state index in [1.165, 1.54) is 4.90 Å². The number of carbonyl (C=O) groups is 2. The van der Waals surface area contributed by atoms with Gasteiger partial charge in [0.15, 0.2) is 6.61 Å². The third-order valence-electron chi connectivity index (χ3n) is 4.59. The molecule has 6 nitrogen and oxygen atoms in total. The van der Waals surface area contributed by atoms with Crippen molar-refractivity contribution in [2.24, 2.45) is 0 Å². The van der Waals surface area contributed by atoms with Gasteiger partial charge in [-0.15, -0.1) is 0 Å². The van der Waals surface area contributed by atoms with E-state index in [1.54, 1.807) is 30.3 Å². The fourth-order valence-electron chi connectivity index (χ4n) is 3.23. The Morgan fingerprint density at radius 1 is 1.03 bits per heavy atom. The van der Waals surface area contributed by atoms with Crippen LogP contribution in [0.2, 0.25) is 0 Å². The molecule has 0 fully saturated rings. The van der Waals surface area contributed by atoms with Crippen molar-refractivity contribution in [1.29, 1.82) is 5.26 Å².